The molecule has 1 N–H and O–H groups in total. The molecule has 1 aliphatic carbocycles. The van der Waals surface area contributed by atoms with Crippen LogP contribution in [-0.4, -0.2) is 30.0 Å². The summed E-state index contributed by atoms with van der Waals surface area (Å²) in [7, 11) is 0. The topological polar surface area (TPSA) is 68.3 Å². The first-order valence-electron chi connectivity index (χ1n) is 8.55. The minimum Gasteiger partial charge on any atom is -0.452 e. The summed E-state index contributed by atoms with van der Waals surface area (Å²) in [5, 5.41) is 3.38. The number of carbonyl (C=O) groups is 2. The Kier molecular flexibility index (Phi) is 5.12. The van der Waals surface area contributed by atoms with Gasteiger partial charge in [-0.05, 0) is 36.8 Å². The molecule has 5 heteroatoms. The van der Waals surface area contributed by atoms with Gasteiger partial charge in [-0.25, -0.2) is 4.79 Å². The van der Waals surface area contributed by atoms with Crippen LogP contribution in [0.1, 0.15) is 35.0 Å². The molecule has 25 heavy (non-hydrogen) atoms. The van der Waals surface area contributed by atoms with Gasteiger partial charge in [0.15, 0.2) is 6.61 Å². The van der Waals surface area contributed by atoms with E-state index in [1.807, 2.05) is 24.3 Å². The summed E-state index contributed by atoms with van der Waals surface area (Å²) in [6.07, 6.45) is 4.31. The number of nitrogens with zero attached hydrogens (tertiary/aromatic N) is 1. The number of rotatable bonds is 5. The second-order valence-electron chi connectivity index (χ2n) is 6.45. The number of carbonyl (C=O) groups excluding carboxylic acids is 2. The Labute approximate surface area is 147 Å². The number of fused-ring (bicyclic) bond motifs is 2. The largest absolute Gasteiger partial charge is 0.452 e. The summed E-state index contributed by atoms with van der Waals surface area (Å²) < 4.78 is 5.28. The van der Waals surface area contributed by atoms with E-state index in [-0.39, 0.29) is 12.5 Å². The predicted molar refractivity (Wildman–Crippen MR) is 96.4 cm³/mol. The zero-order valence-electron chi connectivity index (χ0n) is 14.4. The van der Waals surface area contributed by atoms with Crippen LogP contribution in [0.5, 0.6) is 0 Å². The molecule has 1 heterocycles. The van der Waals surface area contributed by atoms with E-state index < -0.39 is 5.97 Å². The molecule has 1 atom stereocenters. The monoisotopic (exact) mass is 338 g/mol. The Balaban J connectivity index is 1.93. The molecule has 3 rings (SSSR count). The lowest BCUT2D eigenvalue weighted by molar-refractivity contribution is -0.124. The lowest BCUT2D eigenvalue weighted by Gasteiger charge is -2.24. The van der Waals surface area contributed by atoms with Gasteiger partial charge in [-0.1, -0.05) is 31.2 Å². The van der Waals surface area contributed by atoms with Crippen LogP contribution in [0.3, 0.4) is 0 Å². The highest BCUT2D eigenvalue weighted by Gasteiger charge is 2.26. The number of benzene rings is 1. The lowest BCUT2D eigenvalue weighted by atomic mass is 9.84. The highest BCUT2D eigenvalue weighted by molar-refractivity contribution is 6.05. The van der Waals surface area contributed by atoms with Crippen molar-refractivity contribution in [2.75, 3.05) is 13.2 Å². The maximum atomic E-state index is 12.8. The molecular weight excluding hydrogens is 316 g/mol. The number of nitrogens with one attached hydrogen (secondary N) is 1. The summed E-state index contributed by atoms with van der Waals surface area (Å²) in [4.78, 5) is 29.2. The summed E-state index contributed by atoms with van der Waals surface area (Å²) >= 11 is 0. The smallest absolute Gasteiger partial charge is 0.339 e. The summed E-state index contributed by atoms with van der Waals surface area (Å²) in [5.41, 5.74) is 3.29. The van der Waals surface area contributed by atoms with Crippen LogP contribution in [0, 0.1) is 5.92 Å². The minimum atomic E-state index is -0.460. The number of para-hydroxylation sites is 1. The van der Waals surface area contributed by atoms with Crippen LogP contribution < -0.4 is 5.32 Å². The van der Waals surface area contributed by atoms with Crippen molar-refractivity contribution in [1.29, 1.82) is 0 Å². The second kappa shape index (κ2) is 7.47. The van der Waals surface area contributed by atoms with Crippen LogP contribution >= 0.6 is 0 Å². The summed E-state index contributed by atoms with van der Waals surface area (Å²) in [6.45, 7) is 5.76. The molecule has 0 bridgehead atoms. The standard InChI is InChI=1S/C20H22N2O3/c1-3-10-21-18(23)12-25-20(24)19-14-6-4-5-7-16(14)22-17-9-8-13(2)11-15(17)19/h3-7,13H,1,8-12H2,2H3,(H,21,23)/t13-/m0/s1. The number of esters is 1. The second-order valence-corrected chi connectivity index (χ2v) is 6.45. The molecule has 0 saturated heterocycles. The molecule has 0 fully saturated rings. The van der Waals surface area contributed by atoms with Gasteiger partial charge in [-0.2, -0.15) is 0 Å². The SMILES string of the molecule is C=CCNC(=O)COC(=O)c1c2c(nc3ccccc13)CC[C@H](C)C2. The van der Waals surface area contributed by atoms with Crippen LogP contribution in [-0.2, 0) is 22.4 Å². The Morgan fingerprint density at radius 1 is 1.40 bits per heavy atom. The van der Waals surface area contributed by atoms with Crippen molar-refractivity contribution in [2.24, 2.45) is 5.92 Å². The predicted octanol–water partition coefficient (Wildman–Crippen LogP) is 2.82. The molecule has 1 aromatic carbocycles. The van der Waals surface area contributed by atoms with E-state index in [0.717, 1.165) is 41.4 Å². The highest BCUT2D eigenvalue weighted by Crippen LogP contribution is 2.31. The third-order valence-electron chi connectivity index (χ3n) is 4.49. The normalized spacial score (nSPS) is 16.1. The quantitative estimate of drug-likeness (QED) is 0.672. The van der Waals surface area contributed by atoms with Crippen molar-refractivity contribution < 1.29 is 14.3 Å². The Bertz CT molecular complexity index is 829. The number of hydrogen-bond acceptors (Lipinski definition) is 4. The van der Waals surface area contributed by atoms with E-state index in [9.17, 15) is 9.59 Å². The molecular formula is C20H22N2O3. The zero-order valence-corrected chi connectivity index (χ0v) is 14.4. The van der Waals surface area contributed by atoms with Gasteiger partial charge < -0.3 is 10.1 Å². The maximum absolute atomic E-state index is 12.8. The molecule has 2 aromatic rings. The van der Waals surface area contributed by atoms with Crippen LogP contribution in [0.2, 0.25) is 0 Å². The Morgan fingerprint density at radius 3 is 3.00 bits per heavy atom. The van der Waals surface area contributed by atoms with Gasteiger partial charge in [0.2, 0.25) is 0 Å². The van der Waals surface area contributed by atoms with Gasteiger partial charge in [0.05, 0.1) is 11.1 Å². The van der Waals surface area contributed by atoms with Crippen LogP contribution in [0.15, 0.2) is 36.9 Å². The first-order chi connectivity index (χ1) is 12.1. The van der Waals surface area contributed by atoms with Gasteiger partial charge in [-0.3, -0.25) is 9.78 Å². The highest BCUT2D eigenvalue weighted by atomic mass is 16.5. The zero-order chi connectivity index (χ0) is 17.8. The molecule has 1 amide bonds. The van der Waals surface area contributed by atoms with Gasteiger partial charge >= 0.3 is 5.97 Å². The van der Waals surface area contributed by atoms with Crippen molar-refractivity contribution in [2.45, 2.75) is 26.2 Å². The van der Waals surface area contributed by atoms with E-state index in [1.54, 1.807) is 6.08 Å². The van der Waals surface area contributed by atoms with E-state index >= 15 is 0 Å². The van der Waals surface area contributed by atoms with Gasteiger partial charge in [0.25, 0.3) is 5.91 Å². The summed E-state index contributed by atoms with van der Waals surface area (Å²) in [5.74, 6) is -0.301. The van der Waals surface area contributed by atoms with Gasteiger partial charge in [-0.15, -0.1) is 6.58 Å². The lowest BCUT2D eigenvalue weighted by Crippen LogP contribution is -2.29. The molecule has 1 aliphatic rings. The fourth-order valence-corrected chi connectivity index (χ4v) is 3.24. The summed E-state index contributed by atoms with van der Waals surface area (Å²) in [6, 6.07) is 7.58. The Morgan fingerprint density at radius 2 is 2.20 bits per heavy atom. The molecule has 1 aromatic heterocycles. The third kappa shape index (κ3) is 3.71. The van der Waals surface area contributed by atoms with Crippen molar-refractivity contribution >= 4 is 22.8 Å². The number of aryl methyl sites for hydroxylation is 1. The number of aromatic nitrogens is 1. The van der Waals surface area contributed by atoms with Crippen LogP contribution in [0.25, 0.3) is 10.9 Å². The number of pyridine rings is 1. The van der Waals surface area contributed by atoms with Crippen molar-refractivity contribution in [3.05, 3.63) is 53.7 Å². The number of ether oxygens (including phenoxy) is 1. The van der Waals surface area contributed by atoms with E-state index in [1.165, 1.54) is 0 Å². The minimum absolute atomic E-state index is 0.298. The third-order valence-corrected chi connectivity index (χ3v) is 4.49. The Hall–Kier alpha value is -2.69. The van der Waals surface area contributed by atoms with Crippen LogP contribution in [0.4, 0.5) is 0 Å². The van der Waals surface area contributed by atoms with Crippen molar-refractivity contribution in [1.82, 2.24) is 10.3 Å². The fourth-order valence-electron chi connectivity index (χ4n) is 3.24. The van der Waals surface area contributed by atoms with E-state index in [4.69, 9.17) is 9.72 Å². The van der Waals surface area contributed by atoms with Crippen molar-refractivity contribution in [3.8, 4) is 0 Å². The first kappa shape index (κ1) is 17.1. The van der Waals surface area contributed by atoms with Crippen molar-refractivity contribution in [3.63, 3.8) is 0 Å². The molecule has 5 nitrogen and oxygen atoms in total. The molecule has 0 aliphatic heterocycles. The molecule has 0 unspecified atom stereocenters. The average Bonchev–Trinajstić information content (AvgIpc) is 2.62. The van der Waals surface area contributed by atoms with Gasteiger partial charge in [0.1, 0.15) is 0 Å². The first-order valence-corrected chi connectivity index (χ1v) is 8.55. The molecule has 0 spiro atoms. The molecule has 0 radical (unpaired) electrons. The maximum Gasteiger partial charge on any atom is 0.339 e. The average molecular weight is 338 g/mol. The molecule has 0 saturated carbocycles. The number of amides is 1. The van der Waals surface area contributed by atoms with E-state index in [2.05, 4.69) is 18.8 Å². The van der Waals surface area contributed by atoms with E-state index in [0.29, 0.717) is 18.0 Å². The van der Waals surface area contributed by atoms with Gasteiger partial charge in [0, 0.05) is 17.6 Å². The molecule has 130 valence electrons. The fraction of sp³-hybridized carbons (Fsp3) is 0.350. The number of hydrogen-bond donors (Lipinski definition) is 1.